The van der Waals surface area contributed by atoms with Crippen molar-refractivity contribution in [3.05, 3.63) is 66.0 Å². The van der Waals surface area contributed by atoms with Gasteiger partial charge in [0, 0.05) is 50.6 Å². The Balaban J connectivity index is 1.38. The summed E-state index contributed by atoms with van der Waals surface area (Å²) in [6.07, 6.45) is 6.27. The van der Waals surface area contributed by atoms with E-state index in [4.69, 9.17) is 0 Å². The molecule has 0 aliphatic carbocycles. The summed E-state index contributed by atoms with van der Waals surface area (Å²) >= 11 is 0. The Hall–Kier alpha value is -2.66. The molecule has 2 aromatic heterocycles. The quantitative estimate of drug-likeness (QED) is 0.736. The van der Waals surface area contributed by atoms with Crippen LogP contribution in [0.4, 0.5) is 5.82 Å². The van der Waals surface area contributed by atoms with Crippen LogP contribution in [0.3, 0.4) is 0 Å². The first-order valence-corrected chi connectivity index (χ1v) is 8.80. The molecule has 1 aromatic carbocycles. The second-order valence-electron chi connectivity index (χ2n) is 6.46. The molecule has 1 fully saturated rings. The predicted octanol–water partition coefficient (Wildman–Crippen LogP) is 2.87. The Morgan fingerprint density at radius 1 is 1.04 bits per heavy atom. The monoisotopic (exact) mass is 333 g/mol. The molecule has 0 unspecified atom stereocenters. The molecule has 0 atom stereocenters. The van der Waals surface area contributed by atoms with Crippen molar-refractivity contribution in [3.8, 4) is 0 Å². The van der Waals surface area contributed by atoms with Gasteiger partial charge in [-0.1, -0.05) is 42.5 Å². The molecule has 128 valence electrons. The third-order valence-electron chi connectivity index (χ3n) is 4.64. The van der Waals surface area contributed by atoms with Crippen molar-refractivity contribution in [3.63, 3.8) is 0 Å². The maximum atomic E-state index is 4.53. The van der Waals surface area contributed by atoms with E-state index >= 15 is 0 Å². The number of benzene rings is 1. The van der Waals surface area contributed by atoms with Crippen LogP contribution in [0.1, 0.15) is 11.3 Å². The van der Waals surface area contributed by atoms with Gasteiger partial charge in [0.25, 0.3) is 0 Å². The minimum atomic E-state index is 0.920. The summed E-state index contributed by atoms with van der Waals surface area (Å²) in [6, 6.07) is 14.6. The zero-order valence-corrected chi connectivity index (χ0v) is 14.5. The number of aromatic nitrogens is 3. The van der Waals surface area contributed by atoms with Crippen molar-refractivity contribution in [2.45, 2.75) is 6.92 Å². The molecule has 3 heterocycles. The van der Waals surface area contributed by atoms with Crippen molar-refractivity contribution >= 4 is 17.5 Å². The van der Waals surface area contributed by atoms with E-state index in [0.29, 0.717) is 0 Å². The lowest BCUT2D eigenvalue weighted by atomic mass is 10.2. The first-order valence-electron chi connectivity index (χ1n) is 8.80. The topological polar surface area (TPSA) is 36.7 Å². The van der Waals surface area contributed by atoms with Gasteiger partial charge in [-0.25, -0.2) is 4.98 Å². The van der Waals surface area contributed by atoms with Gasteiger partial charge < -0.3 is 4.90 Å². The largest absolute Gasteiger partial charge is 0.354 e. The summed E-state index contributed by atoms with van der Waals surface area (Å²) in [5.41, 5.74) is 3.22. The summed E-state index contributed by atoms with van der Waals surface area (Å²) in [5.74, 6) is 1.15. The van der Waals surface area contributed by atoms with Crippen LogP contribution >= 0.6 is 0 Å². The van der Waals surface area contributed by atoms with Crippen LogP contribution in [0, 0.1) is 6.92 Å². The average molecular weight is 333 g/mol. The van der Waals surface area contributed by atoms with Crippen molar-refractivity contribution in [1.82, 2.24) is 19.5 Å². The standard InChI is InChI=1S/C20H23N5/c1-17-16-20(25-19(22-17)9-10-21-25)24-14-12-23(13-15-24)11-5-8-18-6-3-2-4-7-18/h2-10,16H,11-15H2,1H3/b8-5+. The number of rotatable bonds is 4. The van der Waals surface area contributed by atoms with E-state index in [2.05, 4.69) is 62.4 Å². The van der Waals surface area contributed by atoms with Crippen LogP contribution in [-0.2, 0) is 0 Å². The number of hydrogen-bond donors (Lipinski definition) is 0. The Bertz CT molecular complexity index is 860. The highest BCUT2D eigenvalue weighted by Gasteiger charge is 2.19. The maximum Gasteiger partial charge on any atom is 0.157 e. The van der Waals surface area contributed by atoms with Crippen molar-refractivity contribution in [2.75, 3.05) is 37.6 Å². The first-order chi connectivity index (χ1) is 12.3. The van der Waals surface area contributed by atoms with E-state index in [9.17, 15) is 0 Å². The summed E-state index contributed by atoms with van der Waals surface area (Å²) in [4.78, 5) is 9.43. The van der Waals surface area contributed by atoms with E-state index in [1.807, 2.05) is 29.8 Å². The Kier molecular flexibility index (Phi) is 4.48. The second kappa shape index (κ2) is 7.07. The van der Waals surface area contributed by atoms with Gasteiger partial charge >= 0.3 is 0 Å². The van der Waals surface area contributed by atoms with Gasteiger partial charge in [0.05, 0.1) is 6.20 Å². The molecule has 3 aromatic rings. The molecule has 0 spiro atoms. The molecule has 5 nitrogen and oxygen atoms in total. The molecule has 0 saturated carbocycles. The van der Waals surface area contributed by atoms with Gasteiger partial charge in [-0.3, -0.25) is 4.90 Å². The minimum Gasteiger partial charge on any atom is -0.354 e. The van der Waals surface area contributed by atoms with E-state index in [-0.39, 0.29) is 0 Å². The van der Waals surface area contributed by atoms with Gasteiger partial charge in [-0.05, 0) is 12.5 Å². The normalized spacial score (nSPS) is 16.1. The fourth-order valence-electron chi connectivity index (χ4n) is 3.31. The molecule has 1 saturated heterocycles. The molecule has 5 heteroatoms. The lowest BCUT2D eigenvalue weighted by molar-refractivity contribution is 0.283. The average Bonchev–Trinajstić information content (AvgIpc) is 3.11. The van der Waals surface area contributed by atoms with Crippen LogP contribution in [-0.4, -0.2) is 52.2 Å². The Morgan fingerprint density at radius 2 is 1.84 bits per heavy atom. The van der Waals surface area contributed by atoms with Crippen LogP contribution in [0.5, 0.6) is 0 Å². The minimum absolute atomic E-state index is 0.920. The number of hydrogen-bond acceptors (Lipinski definition) is 4. The highest BCUT2D eigenvalue weighted by Crippen LogP contribution is 2.18. The smallest absolute Gasteiger partial charge is 0.157 e. The Morgan fingerprint density at radius 3 is 2.64 bits per heavy atom. The van der Waals surface area contributed by atoms with Crippen molar-refractivity contribution < 1.29 is 0 Å². The lowest BCUT2D eigenvalue weighted by Crippen LogP contribution is -2.47. The van der Waals surface area contributed by atoms with Crippen LogP contribution in [0.25, 0.3) is 11.7 Å². The SMILES string of the molecule is Cc1cc(N2CCN(C/C=C/c3ccccc3)CC2)n2nccc2n1. The van der Waals surface area contributed by atoms with Crippen molar-refractivity contribution in [2.24, 2.45) is 0 Å². The predicted molar refractivity (Wildman–Crippen MR) is 102 cm³/mol. The van der Waals surface area contributed by atoms with Crippen LogP contribution in [0.2, 0.25) is 0 Å². The van der Waals surface area contributed by atoms with E-state index in [1.165, 1.54) is 5.56 Å². The molecule has 1 aliphatic rings. The lowest BCUT2D eigenvalue weighted by Gasteiger charge is -2.35. The number of nitrogens with zero attached hydrogens (tertiary/aromatic N) is 5. The molecule has 0 bridgehead atoms. The van der Waals surface area contributed by atoms with Gasteiger partial charge in [0.1, 0.15) is 5.82 Å². The third kappa shape index (κ3) is 3.56. The summed E-state index contributed by atoms with van der Waals surface area (Å²) in [7, 11) is 0. The van der Waals surface area contributed by atoms with E-state index in [0.717, 1.165) is 49.9 Å². The van der Waals surface area contributed by atoms with Gasteiger partial charge in [-0.15, -0.1) is 0 Å². The van der Waals surface area contributed by atoms with Gasteiger partial charge in [0.15, 0.2) is 5.65 Å². The highest BCUT2D eigenvalue weighted by molar-refractivity contribution is 5.51. The molecule has 0 radical (unpaired) electrons. The fourth-order valence-corrected chi connectivity index (χ4v) is 3.31. The van der Waals surface area contributed by atoms with E-state index < -0.39 is 0 Å². The van der Waals surface area contributed by atoms with Crippen LogP contribution < -0.4 is 4.90 Å². The fraction of sp³-hybridized carbons (Fsp3) is 0.300. The number of piperazine rings is 1. The molecule has 4 rings (SSSR count). The van der Waals surface area contributed by atoms with E-state index in [1.54, 1.807) is 0 Å². The third-order valence-corrected chi connectivity index (χ3v) is 4.64. The Labute approximate surface area is 148 Å². The summed E-state index contributed by atoms with van der Waals surface area (Å²) in [6.45, 7) is 7.18. The number of aryl methyl sites for hydroxylation is 1. The van der Waals surface area contributed by atoms with Crippen LogP contribution in [0.15, 0.2) is 54.7 Å². The molecule has 1 aliphatic heterocycles. The molecule has 0 amide bonds. The zero-order valence-electron chi connectivity index (χ0n) is 14.5. The highest BCUT2D eigenvalue weighted by atomic mass is 15.4. The number of anilines is 1. The number of fused-ring (bicyclic) bond motifs is 1. The molecular formula is C20H23N5. The molecular weight excluding hydrogens is 310 g/mol. The van der Waals surface area contributed by atoms with Crippen molar-refractivity contribution in [1.29, 1.82) is 0 Å². The summed E-state index contributed by atoms with van der Waals surface area (Å²) < 4.78 is 1.94. The van der Waals surface area contributed by atoms with Gasteiger partial charge in [-0.2, -0.15) is 9.61 Å². The van der Waals surface area contributed by atoms with Gasteiger partial charge in [0.2, 0.25) is 0 Å². The zero-order chi connectivity index (χ0) is 17.1. The maximum absolute atomic E-state index is 4.53. The molecule has 25 heavy (non-hydrogen) atoms. The second-order valence-corrected chi connectivity index (χ2v) is 6.46. The first kappa shape index (κ1) is 15.8. The summed E-state index contributed by atoms with van der Waals surface area (Å²) in [5, 5.41) is 4.42. The molecule has 0 N–H and O–H groups in total.